The summed E-state index contributed by atoms with van der Waals surface area (Å²) in [5, 5.41) is 0.577. The fourth-order valence-electron chi connectivity index (χ4n) is 4.51. The SMILES string of the molecule is CCC(C)=C1[C@H]2C=C[C@H]1[C@@H]1C(=O)N(c3ccc(C)c(Cl)c3)C(=O)[C@H]12. The van der Waals surface area contributed by atoms with E-state index in [1.165, 1.54) is 16.0 Å². The molecule has 1 aromatic rings. The van der Waals surface area contributed by atoms with Gasteiger partial charge in [0.05, 0.1) is 17.5 Å². The highest BCUT2D eigenvalue weighted by Gasteiger charge is 2.62. The number of halogens is 1. The molecular formula is C20H20ClNO2. The molecule has 4 rings (SSSR count). The van der Waals surface area contributed by atoms with Gasteiger partial charge in [-0.15, -0.1) is 0 Å². The van der Waals surface area contributed by atoms with Crippen LogP contribution in [0.2, 0.25) is 5.02 Å². The second kappa shape index (κ2) is 5.32. The number of anilines is 1. The van der Waals surface area contributed by atoms with Gasteiger partial charge in [-0.3, -0.25) is 9.59 Å². The van der Waals surface area contributed by atoms with E-state index in [2.05, 4.69) is 26.0 Å². The largest absolute Gasteiger partial charge is 0.274 e. The summed E-state index contributed by atoms with van der Waals surface area (Å²) in [7, 11) is 0. The molecule has 2 bridgehead atoms. The van der Waals surface area contributed by atoms with Crippen molar-refractivity contribution in [3.05, 3.63) is 52.1 Å². The quantitative estimate of drug-likeness (QED) is 0.594. The summed E-state index contributed by atoms with van der Waals surface area (Å²) in [5.41, 5.74) is 4.14. The van der Waals surface area contributed by atoms with Crippen molar-refractivity contribution in [1.29, 1.82) is 0 Å². The van der Waals surface area contributed by atoms with E-state index in [1.807, 2.05) is 13.0 Å². The zero-order chi connectivity index (χ0) is 17.2. The summed E-state index contributed by atoms with van der Waals surface area (Å²) in [5.74, 6) is -0.482. The molecule has 2 aliphatic carbocycles. The number of benzene rings is 1. The van der Waals surface area contributed by atoms with Gasteiger partial charge in [-0.05, 0) is 38.0 Å². The van der Waals surface area contributed by atoms with Crippen molar-refractivity contribution >= 4 is 29.1 Å². The van der Waals surface area contributed by atoms with E-state index in [0.717, 1.165) is 12.0 Å². The van der Waals surface area contributed by atoms with E-state index in [1.54, 1.807) is 12.1 Å². The minimum absolute atomic E-state index is 0.0804. The Bertz CT molecular complexity index is 789. The van der Waals surface area contributed by atoms with Gasteiger partial charge in [0, 0.05) is 16.9 Å². The molecular weight excluding hydrogens is 322 g/mol. The van der Waals surface area contributed by atoms with Gasteiger partial charge in [-0.2, -0.15) is 0 Å². The molecule has 3 aliphatic rings. The van der Waals surface area contributed by atoms with E-state index in [9.17, 15) is 9.59 Å². The van der Waals surface area contributed by atoms with Crippen LogP contribution in [0.1, 0.15) is 25.8 Å². The first-order valence-corrected chi connectivity index (χ1v) is 8.85. The standard InChI is InChI=1S/C20H20ClNO2/c1-4-10(2)16-13-7-8-14(16)18-17(13)19(23)22(20(18)24)12-6-5-11(3)15(21)9-12/h5-9,13-14,17-18H,4H2,1-3H3/t13-,14-,17+,18+/m1/s1. The van der Waals surface area contributed by atoms with Gasteiger partial charge in [0.25, 0.3) is 0 Å². The number of imide groups is 1. The number of rotatable bonds is 2. The predicted molar refractivity (Wildman–Crippen MR) is 94.8 cm³/mol. The van der Waals surface area contributed by atoms with Crippen LogP contribution in [0.3, 0.4) is 0 Å². The maximum Gasteiger partial charge on any atom is 0.238 e. The summed E-state index contributed by atoms with van der Waals surface area (Å²) in [6.45, 7) is 6.15. The molecule has 1 heterocycles. The van der Waals surface area contributed by atoms with Crippen molar-refractivity contribution in [2.75, 3.05) is 4.90 Å². The number of hydrogen-bond donors (Lipinski definition) is 0. The number of carbonyl (C=O) groups excluding carboxylic acids is 2. The van der Waals surface area contributed by atoms with Crippen LogP contribution in [0.25, 0.3) is 0 Å². The highest BCUT2D eigenvalue weighted by atomic mass is 35.5. The molecule has 1 aromatic carbocycles. The lowest BCUT2D eigenvalue weighted by Crippen LogP contribution is -2.33. The Hall–Kier alpha value is -1.87. The van der Waals surface area contributed by atoms with Crippen LogP contribution in [0, 0.1) is 30.6 Å². The number of amides is 2. The first-order chi connectivity index (χ1) is 11.5. The van der Waals surface area contributed by atoms with E-state index in [-0.39, 0.29) is 35.5 Å². The van der Waals surface area contributed by atoms with Crippen LogP contribution in [-0.2, 0) is 9.59 Å². The second-order valence-electron chi connectivity index (χ2n) is 7.02. The van der Waals surface area contributed by atoms with Crippen LogP contribution in [0.15, 0.2) is 41.5 Å². The Kier molecular flexibility index (Phi) is 3.47. The third-order valence-electron chi connectivity index (χ3n) is 5.85. The van der Waals surface area contributed by atoms with Gasteiger partial charge in [-0.1, -0.05) is 47.9 Å². The molecule has 124 valence electrons. The Morgan fingerprint density at radius 2 is 1.71 bits per heavy atom. The molecule has 4 atom stereocenters. The Morgan fingerprint density at radius 3 is 2.21 bits per heavy atom. The van der Waals surface area contributed by atoms with Crippen LogP contribution in [0.4, 0.5) is 5.69 Å². The van der Waals surface area contributed by atoms with E-state index < -0.39 is 0 Å². The third kappa shape index (κ3) is 1.91. The Morgan fingerprint density at radius 1 is 1.12 bits per heavy atom. The van der Waals surface area contributed by atoms with Crippen molar-refractivity contribution in [1.82, 2.24) is 0 Å². The lowest BCUT2D eigenvalue weighted by Gasteiger charge is -2.20. The van der Waals surface area contributed by atoms with Crippen LogP contribution < -0.4 is 4.90 Å². The lowest BCUT2D eigenvalue weighted by atomic mass is 9.85. The molecule has 24 heavy (non-hydrogen) atoms. The van der Waals surface area contributed by atoms with Crippen molar-refractivity contribution in [3.8, 4) is 0 Å². The van der Waals surface area contributed by atoms with Crippen LogP contribution in [0.5, 0.6) is 0 Å². The van der Waals surface area contributed by atoms with Crippen LogP contribution >= 0.6 is 11.6 Å². The summed E-state index contributed by atoms with van der Waals surface area (Å²) in [6.07, 6.45) is 5.21. The van der Waals surface area contributed by atoms with Gasteiger partial charge in [0.15, 0.2) is 0 Å². The van der Waals surface area contributed by atoms with Gasteiger partial charge >= 0.3 is 0 Å². The topological polar surface area (TPSA) is 37.4 Å². The molecule has 1 saturated heterocycles. The molecule has 3 nitrogen and oxygen atoms in total. The molecule has 4 heteroatoms. The van der Waals surface area contributed by atoms with Crippen LogP contribution in [-0.4, -0.2) is 11.8 Å². The highest BCUT2D eigenvalue weighted by molar-refractivity contribution is 6.32. The molecule has 2 amide bonds. The average Bonchev–Trinajstić information content (AvgIpc) is 3.20. The van der Waals surface area contributed by atoms with Crippen molar-refractivity contribution in [2.45, 2.75) is 27.2 Å². The smallest absolute Gasteiger partial charge is 0.238 e. The fraction of sp³-hybridized carbons (Fsp3) is 0.400. The molecule has 1 saturated carbocycles. The molecule has 0 N–H and O–H groups in total. The highest BCUT2D eigenvalue weighted by Crippen LogP contribution is 2.57. The summed E-state index contributed by atoms with van der Waals surface area (Å²) >= 11 is 6.19. The number of fused-ring (bicyclic) bond motifs is 5. The minimum atomic E-state index is -0.246. The number of allylic oxidation sites excluding steroid dienone is 4. The fourth-order valence-corrected chi connectivity index (χ4v) is 4.69. The first kappa shape index (κ1) is 15.6. The lowest BCUT2D eigenvalue weighted by molar-refractivity contribution is -0.122. The Labute approximate surface area is 147 Å². The molecule has 0 radical (unpaired) electrons. The number of nitrogens with zero attached hydrogens (tertiary/aromatic N) is 1. The van der Waals surface area contributed by atoms with Crippen molar-refractivity contribution in [2.24, 2.45) is 23.7 Å². The minimum Gasteiger partial charge on any atom is -0.274 e. The van der Waals surface area contributed by atoms with Crippen molar-refractivity contribution in [3.63, 3.8) is 0 Å². The van der Waals surface area contributed by atoms with Gasteiger partial charge in [0.2, 0.25) is 11.8 Å². The zero-order valence-electron chi connectivity index (χ0n) is 14.0. The molecule has 1 aliphatic heterocycles. The molecule has 2 fully saturated rings. The summed E-state index contributed by atoms with van der Waals surface area (Å²) in [6, 6.07) is 5.38. The normalized spacial score (nSPS) is 30.5. The molecule has 0 spiro atoms. The third-order valence-corrected chi connectivity index (χ3v) is 6.26. The van der Waals surface area contributed by atoms with E-state index in [0.29, 0.717) is 10.7 Å². The van der Waals surface area contributed by atoms with E-state index >= 15 is 0 Å². The maximum atomic E-state index is 13.0. The van der Waals surface area contributed by atoms with Crippen molar-refractivity contribution < 1.29 is 9.59 Å². The maximum absolute atomic E-state index is 13.0. The number of hydrogen-bond acceptors (Lipinski definition) is 2. The van der Waals surface area contributed by atoms with E-state index in [4.69, 9.17) is 11.6 Å². The molecule has 0 unspecified atom stereocenters. The molecule has 0 aromatic heterocycles. The predicted octanol–water partition coefficient (Wildman–Crippen LogP) is 4.30. The summed E-state index contributed by atoms with van der Waals surface area (Å²) < 4.78 is 0. The van der Waals surface area contributed by atoms with Gasteiger partial charge in [-0.25, -0.2) is 4.90 Å². The first-order valence-electron chi connectivity index (χ1n) is 8.47. The second-order valence-corrected chi connectivity index (χ2v) is 7.43. The Balaban J connectivity index is 1.75. The number of carbonyl (C=O) groups is 2. The zero-order valence-corrected chi connectivity index (χ0v) is 14.8. The van der Waals surface area contributed by atoms with Gasteiger partial charge in [0.1, 0.15) is 0 Å². The van der Waals surface area contributed by atoms with Gasteiger partial charge < -0.3 is 0 Å². The monoisotopic (exact) mass is 341 g/mol. The summed E-state index contributed by atoms with van der Waals surface area (Å²) in [4.78, 5) is 27.4. The average molecular weight is 342 g/mol. The number of aryl methyl sites for hydroxylation is 1.